The van der Waals surface area contributed by atoms with Crippen LogP contribution in [0.3, 0.4) is 0 Å². The van der Waals surface area contributed by atoms with Crippen molar-refractivity contribution in [2.45, 2.75) is 43.7 Å². The average molecular weight is 445 g/mol. The maximum absolute atomic E-state index is 14.8. The monoisotopic (exact) mass is 445 g/mol. The van der Waals surface area contributed by atoms with Crippen LogP contribution in [0.2, 0.25) is 0 Å². The van der Waals surface area contributed by atoms with Crippen molar-refractivity contribution in [3.63, 3.8) is 0 Å². The molecule has 1 saturated carbocycles. The summed E-state index contributed by atoms with van der Waals surface area (Å²) in [6.45, 7) is 0. The molecule has 1 amide bonds. The summed E-state index contributed by atoms with van der Waals surface area (Å²) in [5.74, 6) is -1.93. The summed E-state index contributed by atoms with van der Waals surface area (Å²) in [7, 11) is 0. The zero-order chi connectivity index (χ0) is 22.9. The van der Waals surface area contributed by atoms with E-state index in [4.69, 9.17) is 0 Å². The predicted molar refractivity (Wildman–Crippen MR) is 121 cm³/mol. The molecule has 168 valence electrons. The van der Waals surface area contributed by atoms with Gasteiger partial charge in [-0.25, -0.2) is 9.07 Å². The van der Waals surface area contributed by atoms with E-state index in [1.165, 1.54) is 12.1 Å². The normalized spacial score (nSPS) is 22.1. The molecule has 0 bridgehead atoms. The molecule has 3 aromatic rings. The van der Waals surface area contributed by atoms with Gasteiger partial charge in [-0.1, -0.05) is 30.3 Å². The zero-order valence-corrected chi connectivity index (χ0v) is 17.9. The molecule has 7 heteroatoms. The van der Waals surface area contributed by atoms with Gasteiger partial charge in [0.2, 0.25) is 0 Å². The van der Waals surface area contributed by atoms with Gasteiger partial charge in [0.25, 0.3) is 5.91 Å². The van der Waals surface area contributed by atoms with E-state index in [0.717, 1.165) is 17.7 Å². The molecule has 1 unspecified atom stereocenters. The number of fused-ring (bicyclic) bond motifs is 1. The van der Waals surface area contributed by atoms with E-state index in [1.54, 1.807) is 23.0 Å². The lowest BCUT2D eigenvalue weighted by Gasteiger charge is -2.25. The van der Waals surface area contributed by atoms with Gasteiger partial charge in [-0.2, -0.15) is 5.10 Å². The lowest BCUT2D eigenvalue weighted by Crippen LogP contribution is -2.42. The number of carbonyl (C=O) groups excluding carboxylic acids is 2. The van der Waals surface area contributed by atoms with Gasteiger partial charge in [0.05, 0.1) is 23.4 Å². The first kappa shape index (κ1) is 21.3. The molecule has 2 N–H and O–H groups in total. The minimum absolute atomic E-state index is 0.00496. The van der Waals surface area contributed by atoms with Gasteiger partial charge >= 0.3 is 0 Å². The Morgan fingerprint density at radius 1 is 1.15 bits per heavy atom. The number of nitrogens with zero attached hydrogens (tertiary/aromatic N) is 2. The largest absolute Gasteiger partial charge is 0.391 e. The van der Waals surface area contributed by atoms with E-state index >= 15 is 0 Å². The fraction of sp³-hybridized carbons (Fsp3) is 0.269. The Kier molecular flexibility index (Phi) is 5.64. The molecule has 0 aliphatic heterocycles. The van der Waals surface area contributed by atoms with Crippen LogP contribution in [0.25, 0.3) is 5.69 Å². The van der Waals surface area contributed by atoms with E-state index in [9.17, 15) is 19.1 Å². The standard InChI is InChI=1S/C26H24FN3O3/c27-21-5-1-4-19-24(21)17(14-16-8-10-18(11-9-16)30-13-3-12-28-30)15-20(25(19)32)26(33)29-22-6-2-7-23(22)31/h1,3-5,8-13,15,17,22-23,31H,2,6-7,14H2,(H,29,33)/t17?,22-,23-/m0/s1. The highest BCUT2D eigenvalue weighted by atomic mass is 19.1. The summed E-state index contributed by atoms with van der Waals surface area (Å²) in [5, 5.41) is 17.1. The average Bonchev–Trinajstić information content (AvgIpc) is 3.49. The molecule has 5 rings (SSSR count). The third-order valence-corrected chi connectivity index (χ3v) is 6.48. The van der Waals surface area contributed by atoms with Crippen molar-refractivity contribution >= 4 is 11.7 Å². The van der Waals surface area contributed by atoms with E-state index in [-0.39, 0.29) is 17.2 Å². The number of benzene rings is 2. The van der Waals surface area contributed by atoms with Crippen LogP contribution >= 0.6 is 0 Å². The molecule has 3 atom stereocenters. The van der Waals surface area contributed by atoms with Crippen molar-refractivity contribution in [1.29, 1.82) is 0 Å². The maximum Gasteiger partial charge on any atom is 0.255 e. The van der Waals surface area contributed by atoms with Crippen molar-refractivity contribution in [3.05, 3.63) is 95.1 Å². The number of rotatable bonds is 5. The number of carbonyl (C=O) groups is 2. The molecule has 1 aromatic heterocycles. The summed E-state index contributed by atoms with van der Waals surface area (Å²) in [6, 6.07) is 13.6. The first-order chi connectivity index (χ1) is 16.0. The Balaban J connectivity index is 1.45. The van der Waals surface area contributed by atoms with Gasteiger partial charge in [-0.05, 0) is 55.5 Å². The van der Waals surface area contributed by atoms with Gasteiger partial charge in [0.15, 0.2) is 5.78 Å². The lowest BCUT2D eigenvalue weighted by atomic mass is 9.79. The van der Waals surface area contributed by atoms with Crippen molar-refractivity contribution in [2.24, 2.45) is 0 Å². The predicted octanol–water partition coefficient (Wildman–Crippen LogP) is 3.49. The number of allylic oxidation sites excluding steroid dienone is 1. The van der Waals surface area contributed by atoms with Gasteiger partial charge in [-0.3, -0.25) is 9.59 Å². The number of ketones is 1. The highest BCUT2D eigenvalue weighted by Gasteiger charge is 2.35. The Labute approximate surface area is 190 Å². The second kappa shape index (κ2) is 8.75. The minimum atomic E-state index is -0.609. The number of halogens is 1. The molecule has 6 nitrogen and oxygen atoms in total. The van der Waals surface area contributed by atoms with Crippen molar-refractivity contribution in [3.8, 4) is 5.69 Å². The van der Waals surface area contributed by atoms with E-state index in [0.29, 0.717) is 24.8 Å². The smallest absolute Gasteiger partial charge is 0.255 e. The third-order valence-electron chi connectivity index (χ3n) is 6.48. The van der Waals surface area contributed by atoms with Gasteiger partial charge in [0.1, 0.15) is 5.82 Å². The van der Waals surface area contributed by atoms with Crippen LogP contribution < -0.4 is 5.32 Å². The number of Topliss-reactive ketones (excluding diaryl/α,β-unsaturated/α-hetero) is 1. The molecule has 2 aliphatic rings. The summed E-state index contributed by atoms with van der Waals surface area (Å²) >= 11 is 0. The Hall–Kier alpha value is -3.58. The van der Waals surface area contributed by atoms with E-state index < -0.39 is 29.5 Å². The fourth-order valence-electron chi connectivity index (χ4n) is 4.77. The van der Waals surface area contributed by atoms with Gasteiger partial charge in [0, 0.05) is 29.4 Å². The second-order valence-electron chi connectivity index (χ2n) is 8.62. The number of aromatic nitrogens is 2. The van der Waals surface area contributed by atoms with Crippen LogP contribution in [0.1, 0.15) is 46.7 Å². The summed E-state index contributed by atoms with van der Waals surface area (Å²) in [5.41, 5.74) is 2.39. The zero-order valence-electron chi connectivity index (χ0n) is 17.9. The molecular weight excluding hydrogens is 421 g/mol. The van der Waals surface area contributed by atoms with Crippen molar-refractivity contribution in [2.75, 3.05) is 0 Å². The van der Waals surface area contributed by atoms with Crippen LogP contribution in [-0.4, -0.2) is 38.7 Å². The third kappa shape index (κ3) is 4.12. The molecular formula is C26H24FN3O3. The molecule has 33 heavy (non-hydrogen) atoms. The Morgan fingerprint density at radius 3 is 2.67 bits per heavy atom. The van der Waals surface area contributed by atoms with Crippen LogP contribution in [0, 0.1) is 5.82 Å². The summed E-state index contributed by atoms with van der Waals surface area (Å²) in [6.07, 6.45) is 7.08. The molecule has 2 aromatic carbocycles. The van der Waals surface area contributed by atoms with Crippen molar-refractivity contribution < 1.29 is 19.1 Å². The van der Waals surface area contributed by atoms with E-state index in [2.05, 4.69) is 10.4 Å². The molecule has 1 fully saturated rings. The quantitative estimate of drug-likeness (QED) is 0.589. The van der Waals surface area contributed by atoms with E-state index in [1.807, 2.05) is 36.5 Å². The summed E-state index contributed by atoms with van der Waals surface area (Å²) < 4.78 is 16.6. The summed E-state index contributed by atoms with van der Waals surface area (Å²) in [4.78, 5) is 26.0. The number of aliphatic hydroxyl groups excluding tert-OH is 1. The van der Waals surface area contributed by atoms with Crippen LogP contribution in [0.15, 0.2) is 72.6 Å². The Morgan fingerprint density at radius 2 is 1.97 bits per heavy atom. The lowest BCUT2D eigenvalue weighted by molar-refractivity contribution is -0.118. The molecule has 1 heterocycles. The van der Waals surface area contributed by atoms with Gasteiger partial charge in [-0.15, -0.1) is 0 Å². The fourth-order valence-corrected chi connectivity index (χ4v) is 4.77. The maximum atomic E-state index is 14.8. The number of hydrogen-bond donors (Lipinski definition) is 2. The Bertz CT molecular complexity index is 1220. The first-order valence-electron chi connectivity index (χ1n) is 11.1. The van der Waals surface area contributed by atoms with Crippen LogP contribution in [0.5, 0.6) is 0 Å². The topological polar surface area (TPSA) is 84.2 Å². The van der Waals surface area contributed by atoms with Gasteiger partial charge < -0.3 is 10.4 Å². The highest BCUT2D eigenvalue weighted by Crippen LogP contribution is 2.35. The highest BCUT2D eigenvalue weighted by molar-refractivity contribution is 6.27. The molecule has 2 aliphatic carbocycles. The molecule has 0 radical (unpaired) electrons. The molecule has 0 saturated heterocycles. The minimum Gasteiger partial charge on any atom is -0.391 e. The number of hydrogen-bond acceptors (Lipinski definition) is 4. The number of aliphatic hydroxyl groups is 1. The first-order valence-corrected chi connectivity index (χ1v) is 11.1. The number of nitrogens with one attached hydrogen (secondary N) is 1. The molecule has 0 spiro atoms. The number of amides is 1. The SMILES string of the molecule is O=C(N[C@H]1CCC[C@@H]1O)C1=CC(Cc2ccc(-n3cccn3)cc2)c2c(F)cccc2C1=O. The van der Waals surface area contributed by atoms with Crippen LogP contribution in [0.4, 0.5) is 4.39 Å². The second-order valence-corrected chi connectivity index (χ2v) is 8.62. The van der Waals surface area contributed by atoms with Crippen LogP contribution in [-0.2, 0) is 11.2 Å². The van der Waals surface area contributed by atoms with Crippen molar-refractivity contribution in [1.82, 2.24) is 15.1 Å².